The average molecular weight is 221 g/mol. The van der Waals surface area contributed by atoms with E-state index in [4.69, 9.17) is 5.73 Å². The first-order chi connectivity index (χ1) is 7.68. The van der Waals surface area contributed by atoms with Gasteiger partial charge in [-0.25, -0.2) is 13.8 Å². The number of nitrogen functional groups attached to an aromatic ring is 1. The third-order valence-corrected chi connectivity index (χ3v) is 2.06. The maximum atomic E-state index is 13.3. The van der Waals surface area contributed by atoms with Crippen molar-refractivity contribution in [3.8, 4) is 0 Å². The number of hydrogen-bond acceptors (Lipinski definition) is 3. The van der Waals surface area contributed by atoms with E-state index in [-0.39, 0.29) is 11.5 Å². The van der Waals surface area contributed by atoms with Crippen LogP contribution >= 0.6 is 0 Å². The third-order valence-electron chi connectivity index (χ3n) is 2.06. The Hall–Kier alpha value is -2.17. The molecular weight excluding hydrogens is 212 g/mol. The summed E-state index contributed by atoms with van der Waals surface area (Å²) in [6.07, 6.45) is 1.50. The molecule has 0 bridgehead atoms. The highest BCUT2D eigenvalue weighted by molar-refractivity contribution is 5.69. The number of aromatic nitrogens is 1. The van der Waals surface area contributed by atoms with Crippen LogP contribution in [0.15, 0.2) is 36.5 Å². The van der Waals surface area contributed by atoms with Gasteiger partial charge in [-0.3, -0.25) is 0 Å². The average Bonchev–Trinajstić information content (AvgIpc) is 2.26. The van der Waals surface area contributed by atoms with Crippen LogP contribution in [-0.2, 0) is 0 Å². The highest BCUT2D eigenvalue weighted by Crippen LogP contribution is 2.25. The van der Waals surface area contributed by atoms with Crippen molar-refractivity contribution < 1.29 is 8.78 Å². The van der Waals surface area contributed by atoms with E-state index in [1.165, 1.54) is 12.3 Å². The van der Waals surface area contributed by atoms with E-state index < -0.39 is 11.6 Å². The van der Waals surface area contributed by atoms with Crippen molar-refractivity contribution in [3.05, 3.63) is 48.2 Å². The Morgan fingerprint density at radius 3 is 2.38 bits per heavy atom. The second-order valence-electron chi connectivity index (χ2n) is 3.16. The van der Waals surface area contributed by atoms with Gasteiger partial charge in [0.05, 0.1) is 5.69 Å². The molecule has 1 aromatic carbocycles. The number of hydrogen-bond donors (Lipinski definition) is 2. The lowest BCUT2D eigenvalue weighted by molar-refractivity contribution is 0.591. The summed E-state index contributed by atoms with van der Waals surface area (Å²) >= 11 is 0. The number of para-hydroxylation sites is 1. The van der Waals surface area contributed by atoms with Gasteiger partial charge in [0.25, 0.3) is 0 Å². The lowest BCUT2D eigenvalue weighted by atomic mass is 10.2. The van der Waals surface area contributed by atoms with Crippen molar-refractivity contribution >= 4 is 17.2 Å². The predicted molar refractivity (Wildman–Crippen MR) is 58.3 cm³/mol. The second-order valence-corrected chi connectivity index (χ2v) is 3.16. The lowest BCUT2D eigenvalue weighted by Gasteiger charge is -2.09. The van der Waals surface area contributed by atoms with Gasteiger partial charge in [-0.1, -0.05) is 6.07 Å². The molecule has 0 saturated carbocycles. The summed E-state index contributed by atoms with van der Waals surface area (Å²) < 4.78 is 26.6. The first kappa shape index (κ1) is 10.4. The Labute approximate surface area is 90.9 Å². The van der Waals surface area contributed by atoms with Crippen LogP contribution in [0.4, 0.5) is 26.0 Å². The molecule has 0 aliphatic heterocycles. The molecule has 0 unspecified atom stereocenters. The molecule has 1 aromatic heterocycles. The largest absolute Gasteiger partial charge is 0.382 e. The number of rotatable bonds is 2. The van der Waals surface area contributed by atoms with Gasteiger partial charge in [0, 0.05) is 6.20 Å². The molecule has 0 aliphatic carbocycles. The van der Waals surface area contributed by atoms with Crippen molar-refractivity contribution in [1.82, 2.24) is 4.98 Å². The Morgan fingerprint density at radius 2 is 1.75 bits per heavy atom. The first-order valence-corrected chi connectivity index (χ1v) is 4.60. The van der Waals surface area contributed by atoms with Gasteiger partial charge in [-0.2, -0.15) is 0 Å². The Balaban J connectivity index is 2.38. The number of halogens is 2. The van der Waals surface area contributed by atoms with E-state index in [2.05, 4.69) is 10.3 Å². The number of pyridine rings is 1. The Bertz CT molecular complexity index is 494. The zero-order valence-corrected chi connectivity index (χ0v) is 8.24. The fraction of sp³-hybridized carbons (Fsp3) is 0. The van der Waals surface area contributed by atoms with Crippen molar-refractivity contribution in [3.63, 3.8) is 0 Å². The Morgan fingerprint density at radius 1 is 1.06 bits per heavy atom. The predicted octanol–water partition coefficient (Wildman–Crippen LogP) is 2.69. The highest BCUT2D eigenvalue weighted by atomic mass is 19.1. The molecule has 0 atom stereocenters. The van der Waals surface area contributed by atoms with E-state index in [1.807, 2.05) is 0 Å². The second kappa shape index (κ2) is 4.14. The molecule has 0 amide bonds. The molecule has 0 radical (unpaired) electrons. The van der Waals surface area contributed by atoms with Crippen molar-refractivity contribution in [2.24, 2.45) is 0 Å². The number of nitrogens with zero attached hydrogens (tertiary/aromatic N) is 1. The maximum Gasteiger partial charge on any atom is 0.149 e. The van der Waals surface area contributed by atoms with Crippen molar-refractivity contribution in [2.75, 3.05) is 11.1 Å². The molecule has 82 valence electrons. The minimum atomic E-state index is -0.678. The van der Waals surface area contributed by atoms with E-state index in [9.17, 15) is 8.78 Å². The maximum absolute atomic E-state index is 13.3. The van der Waals surface area contributed by atoms with Gasteiger partial charge in [0.2, 0.25) is 0 Å². The van der Waals surface area contributed by atoms with Gasteiger partial charge in [-0.05, 0) is 24.3 Å². The standard InChI is InChI=1S/C11H9F2N3/c12-7-3-1-4-8(13)10(7)16-9-5-2-6-15-11(9)14/h1-6,16H,(H2,14,15). The quantitative estimate of drug-likeness (QED) is 0.819. The van der Waals surface area contributed by atoms with Crippen molar-refractivity contribution in [2.45, 2.75) is 0 Å². The molecule has 1 heterocycles. The zero-order valence-electron chi connectivity index (χ0n) is 8.24. The van der Waals surface area contributed by atoms with E-state index >= 15 is 0 Å². The monoisotopic (exact) mass is 221 g/mol. The molecule has 0 spiro atoms. The van der Waals surface area contributed by atoms with Crippen LogP contribution in [0.25, 0.3) is 0 Å². The van der Waals surface area contributed by atoms with Crippen LogP contribution in [0.1, 0.15) is 0 Å². The molecule has 3 nitrogen and oxygen atoms in total. The topological polar surface area (TPSA) is 50.9 Å². The minimum absolute atomic E-state index is 0.185. The zero-order chi connectivity index (χ0) is 11.5. The molecular formula is C11H9F2N3. The molecule has 0 fully saturated rings. The number of nitrogens with one attached hydrogen (secondary N) is 1. The third kappa shape index (κ3) is 1.93. The normalized spacial score (nSPS) is 10.1. The summed E-state index contributed by atoms with van der Waals surface area (Å²) in [5, 5.41) is 2.57. The van der Waals surface area contributed by atoms with Crippen LogP contribution in [0.5, 0.6) is 0 Å². The van der Waals surface area contributed by atoms with Gasteiger partial charge in [0.1, 0.15) is 23.1 Å². The Kier molecular flexibility index (Phi) is 2.68. The van der Waals surface area contributed by atoms with Crippen LogP contribution in [0.2, 0.25) is 0 Å². The van der Waals surface area contributed by atoms with Crippen molar-refractivity contribution in [1.29, 1.82) is 0 Å². The van der Waals surface area contributed by atoms with Gasteiger partial charge < -0.3 is 11.1 Å². The molecule has 2 rings (SSSR count). The van der Waals surface area contributed by atoms with Gasteiger partial charge >= 0.3 is 0 Å². The number of nitrogens with two attached hydrogens (primary N) is 1. The van der Waals surface area contributed by atoms with E-state index in [0.717, 1.165) is 12.1 Å². The summed E-state index contributed by atoms with van der Waals surface area (Å²) in [4.78, 5) is 3.80. The first-order valence-electron chi connectivity index (χ1n) is 4.60. The van der Waals surface area contributed by atoms with Gasteiger partial charge in [-0.15, -0.1) is 0 Å². The highest BCUT2D eigenvalue weighted by Gasteiger charge is 2.09. The summed E-state index contributed by atoms with van der Waals surface area (Å²) in [5.74, 6) is -1.17. The smallest absolute Gasteiger partial charge is 0.149 e. The summed E-state index contributed by atoms with van der Waals surface area (Å²) in [6, 6.07) is 6.84. The fourth-order valence-electron chi connectivity index (χ4n) is 1.28. The molecule has 0 saturated heterocycles. The fourth-order valence-corrected chi connectivity index (χ4v) is 1.28. The molecule has 16 heavy (non-hydrogen) atoms. The summed E-state index contributed by atoms with van der Waals surface area (Å²) in [6.45, 7) is 0. The van der Waals surface area contributed by atoms with Crippen LogP contribution in [-0.4, -0.2) is 4.98 Å². The minimum Gasteiger partial charge on any atom is -0.382 e. The number of benzene rings is 1. The van der Waals surface area contributed by atoms with E-state index in [0.29, 0.717) is 5.69 Å². The molecule has 3 N–H and O–H groups in total. The molecule has 5 heteroatoms. The molecule has 0 aliphatic rings. The number of anilines is 3. The van der Waals surface area contributed by atoms with Crippen LogP contribution < -0.4 is 11.1 Å². The summed E-state index contributed by atoms with van der Waals surface area (Å²) in [5.41, 5.74) is 5.68. The lowest BCUT2D eigenvalue weighted by Crippen LogP contribution is -2.01. The van der Waals surface area contributed by atoms with Crippen LogP contribution in [0.3, 0.4) is 0 Å². The summed E-state index contributed by atoms with van der Waals surface area (Å²) in [7, 11) is 0. The van der Waals surface area contributed by atoms with E-state index in [1.54, 1.807) is 12.1 Å². The molecule has 2 aromatic rings. The van der Waals surface area contributed by atoms with Gasteiger partial charge in [0.15, 0.2) is 0 Å². The van der Waals surface area contributed by atoms with Crippen LogP contribution in [0, 0.1) is 11.6 Å². The SMILES string of the molecule is Nc1ncccc1Nc1c(F)cccc1F.